The zero-order valence-corrected chi connectivity index (χ0v) is 11.3. The predicted octanol–water partition coefficient (Wildman–Crippen LogP) is 3.11. The molecule has 106 valence electrons. The molecule has 0 N–H and O–H groups in total. The van der Waals surface area contributed by atoms with E-state index >= 15 is 0 Å². The first-order valence-corrected chi connectivity index (χ1v) is 6.57. The highest BCUT2D eigenvalue weighted by atomic mass is 16.3. The molecule has 0 bridgehead atoms. The van der Waals surface area contributed by atoms with Gasteiger partial charge in [-0.3, -0.25) is 9.78 Å². The molecule has 5 nitrogen and oxygen atoms in total. The van der Waals surface area contributed by atoms with Crippen molar-refractivity contribution in [1.29, 1.82) is 0 Å². The molecule has 0 aliphatic carbocycles. The first-order chi connectivity index (χ1) is 10.3. The van der Waals surface area contributed by atoms with E-state index in [0.29, 0.717) is 18.8 Å². The van der Waals surface area contributed by atoms with Crippen molar-refractivity contribution in [2.45, 2.75) is 13.1 Å². The van der Waals surface area contributed by atoms with Crippen LogP contribution < -0.4 is 0 Å². The van der Waals surface area contributed by atoms with Crippen LogP contribution in [0.5, 0.6) is 0 Å². The third-order valence-corrected chi connectivity index (χ3v) is 3.04. The lowest BCUT2D eigenvalue weighted by Crippen LogP contribution is -2.29. The normalized spacial score (nSPS) is 10.5. The highest BCUT2D eigenvalue weighted by molar-refractivity contribution is 5.91. The van der Waals surface area contributed by atoms with Gasteiger partial charge in [0.25, 0.3) is 5.91 Å². The smallest absolute Gasteiger partial charge is 0.290 e. The number of nitrogens with zero attached hydrogens (tertiary/aromatic N) is 2. The van der Waals surface area contributed by atoms with Gasteiger partial charge in [-0.05, 0) is 35.9 Å². The summed E-state index contributed by atoms with van der Waals surface area (Å²) in [6.07, 6.45) is 6.52. The van der Waals surface area contributed by atoms with Crippen molar-refractivity contribution in [2.24, 2.45) is 0 Å². The Morgan fingerprint density at radius 2 is 1.90 bits per heavy atom. The molecule has 5 heteroatoms. The molecule has 3 rings (SSSR count). The Kier molecular flexibility index (Phi) is 3.82. The Morgan fingerprint density at radius 3 is 2.57 bits per heavy atom. The largest absolute Gasteiger partial charge is 0.467 e. The molecule has 3 heterocycles. The lowest BCUT2D eigenvalue weighted by molar-refractivity contribution is 0.0685. The Hall–Kier alpha value is -2.82. The van der Waals surface area contributed by atoms with Crippen LogP contribution in [0.2, 0.25) is 0 Å². The Labute approximate surface area is 121 Å². The van der Waals surface area contributed by atoms with Crippen LogP contribution in [-0.2, 0) is 13.1 Å². The average molecular weight is 282 g/mol. The van der Waals surface area contributed by atoms with Crippen LogP contribution in [0.4, 0.5) is 0 Å². The third-order valence-electron chi connectivity index (χ3n) is 3.04. The van der Waals surface area contributed by atoms with Crippen molar-refractivity contribution in [1.82, 2.24) is 9.88 Å². The number of rotatable bonds is 5. The lowest BCUT2D eigenvalue weighted by atomic mass is 10.2. The molecule has 3 aromatic heterocycles. The molecule has 0 aliphatic heterocycles. The molecule has 0 aromatic carbocycles. The van der Waals surface area contributed by atoms with Gasteiger partial charge in [0.05, 0.1) is 19.1 Å². The molecule has 0 unspecified atom stereocenters. The SMILES string of the molecule is O=C(c1ccco1)N(Cc1cccnc1)Cc1ccco1. The first-order valence-electron chi connectivity index (χ1n) is 6.57. The number of carbonyl (C=O) groups is 1. The quantitative estimate of drug-likeness (QED) is 0.721. The van der Waals surface area contributed by atoms with E-state index in [1.54, 1.807) is 41.8 Å². The molecular formula is C16H14N2O3. The molecule has 0 saturated carbocycles. The number of hydrogen-bond acceptors (Lipinski definition) is 4. The van der Waals surface area contributed by atoms with Crippen LogP contribution in [0.1, 0.15) is 21.9 Å². The van der Waals surface area contributed by atoms with Gasteiger partial charge in [-0.1, -0.05) is 6.07 Å². The van der Waals surface area contributed by atoms with Gasteiger partial charge >= 0.3 is 0 Å². The second-order valence-corrected chi connectivity index (χ2v) is 4.58. The summed E-state index contributed by atoms with van der Waals surface area (Å²) >= 11 is 0. The van der Waals surface area contributed by atoms with E-state index in [1.807, 2.05) is 18.2 Å². The maximum atomic E-state index is 12.5. The molecular weight excluding hydrogens is 268 g/mol. The molecule has 3 aromatic rings. The molecule has 0 spiro atoms. The highest BCUT2D eigenvalue weighted by Crippen LogP contribution is 2.14. The minimum atomic E-state index is -0.180. The first kappa shape index (κ1) is 13.2. The number of furan rings is 2. The molecule has 0 atom stereocenters. The van der Waals surface area contributed by atoms with Gasteiger partial charge < -0.3 is 13.7 Å². The molecule has 1 amide bonds. The van der Waals surface area contributed by atoms with E-state index in [4.69, 9.17) is 8.83 Å². The minimum Gasteiger partial charge on any atom is -0.467 e. The maximum Gasteiger partial charge on any atom is 0.290 e. The van der Waals surface area contributed by atoms with Gasteiger partial charge in [0.2, 0.25) is 0 Å². The van der Waals surface area contributed by atoms with Crippen molar-refractivity contribution in [3.63, 3.8) is 0 Å². The maximum absolute atomic E-state index is 12.5. The van der Waals surface area contributed by atoms with Crippen LogP contribution in [0.15, 0.2) is 70.2 Å². The summed E-state index contributed by atoms with van der Waals surface area (Å²) < 4.78 is 10.5. The summed E-state index contributed by atoms with van der Waals surface area (Å²) in [4.78, 5) is 18.2. The molecule has 0 saturated heterocycles. The highest BCUT2D eigenvalue weighted by Gasteiger charge is 2.20. The number of aromatic nitrogens is 1. The van der Waals surface area contributed by atoms with Crippen LogP contribution >= 0.6 is 0 Å². The molecule has 0 fully saturated rings. The zero-order valence-electron chi connectivity index (χ0n) is 11.3. The Balaban J connectivity index is 1.82. The van der Waals surface area contributed by atoms with Gasteiger partial charge in [0, 0.05) is 18.9 Å². The van der Waals surface area contributed by atoms with E-state index in [2.05, 4.69) is 4.98 Å². The second kappa shape index (κ2) is 6.09. The number of carbonyl (C=O) groups excluding carboxylic acids is 1. The van der Waals surface area contributed by atoms with Crippen LogP contribution in [0.25, 0.3) is 0 Å². The van der Waals surface area contributed by atoms with Crippen molar-refractivity contribution < 1.29 is 13.6 Å². The predicted molar refractivity (Wildman–Crippen MR) is 75.2 cm³/mol. The number of amides is 1. The van der Waals surface area contributed by atoms with Crippen molar-refractivity contribution in [3.05, 3.63) is 78.4 Å². The van der Waals surface area contributed by atoms with Crippen molar-refractivity contribution in [2.75, 3.05) is 0 Å². The molecule has 0 aliphatic rings. The monoisotopic (exact) mass is 282 g/mol. The fourth-order valence-electron chi connectivity index (χ4n) is 2.06. The fourth-order valence-corrected chi connectivity index (χ4v) is 2.06. The van der Waals surface area contributed by atoms with Crippen LogP contribution in [-0.4, -0.2) is 15.8 Å². The summed E-state index contributed by atoms with van der Waals surface area (Å²) in [5, 5.41) is 0. The minimum absolute atomic E-state index is 0.180. The summed E-state index contributed by atoms with van der Waals surface area (Å²) in [6.45, 7) is 0.815. The summed E-state index contributed by atoms with van der Waals surface area (Å²) in [7, 11) is 0. The second-order valence-electron chi connectivity index (χ2n) is 4.58. The fraction of sp³-hybridized carbons (Fsp3) is 0.125. The third kappa shape index (κ3) is 3.20. The molecule has 0 radical (unpaired) electrons. The van der Waals surface area contributed by atoms with Gasteiger partial charge in [0.1, 0.15) is 5.76 Å². The van der Waals surface area contributed by atoms with Crippen LogP contribution in [0, 0.1) is 0 Å². The van der Waals surface area contributed by atoms with Gasteiger partial charge in [-0.15, -0.1) is 0 Å². The Bertz CT molecular complexity index is 676. The summed E-state index contributed by atoms with van der Waals surface area (Å²) in [5.41, 5.74) is 0.948. The Morgan fingerprint density at radius 1 is 1.05 bits per heavy atom. The summed E-state index contributed by atoms with van der Waals surface area (Å²) in [6, 6.07) is 10.8. The number of pyridine rings is 1. The number of hydrogen-bond donors (Lipinski definition) is 0. The van der Waals surface area contributed by atoms with Crippen LogP contribution in [0.3, 0.4) is 0 Å². The van der Waals surface area contributed by atoms with E-state index in [1.165, 1.54) is 6.26 Å². The zero-order chi connectivity index (χ0) is 14.5. The van der Waals surface area contributed by atoms with Gasteiger partial charge in [-0.25, -0.2) is 0 Å². The average Bonchev–Trinajstić information content (AvgIpc) is 3.20. The van der Waals surface area contributed by atoms with Gasteiger partial charge in [-0.2, -0.15) is 0 Å². The van der Waals surface area contributed by atoms with Gasteiger partial charge in [0.15, 0.2) is 5.76 Å². The lowest BCUT2D eigenvalue weighted by Gasteiger charge is -2.20. The van der Waals surface area contributed by atoms with E-state index in [-0.39, 0.29) is 5.91 Å². The van der Waals surface area contributed by atoms with Crippen molar-refractivity contribution in [3.8, 4) is 0 Å². The van der Waals surface area contributed by atoms with Crippen molar-refractivity contribution >= 4 is 5.91 Å². The standard InChI is InChI=1S/C16H14N2O3/c19-16(15-6-3-9-21-15)18(12-14-5-2-8-20-14)11-13-4-1-7-17-10-13/h1-10H,11-12H2. The topological polar surface area (TPSA) is 59.5 Å². The van der Waals surface area contributed by atoms with E-state index in [0.717, 1.165) is 11.3 Å². The van der Waals surface area contributed by atoms with E-state index < -0.39 is 0 Å². The van der Waals surface area contributed by atoms with E-state index in [9.17, 15) is 4.79 Å². The summed E-state index contributed by atoms with van der Waals surface area (Å²) in [5.74, 6) is 0.851. The molecule has 21 heavy (non-hydrogen) atoms.